The first-order valence-corrected chi connectivity index (χ1v) is 13.9. The quantitative estimate of drug-likeness (QED) is 0.419. The molecule has 1 amide bonds. The third kappa shape index (κ3) is 6.98. The molecule has 2 N–H and O–H groups in total. The van der Waals surface area contributed by atoms with Crippen LogP contribution in [0.5, 0.6) is 0 Å². The Hall–Kier alpha value is -2.29. The summed E-state index contributed by atoms with van der Waals surface area (Å²) in [5.41, 5.74) is 3.76. The number of carbonyl (C=O) groups is 1. The number of methoxy groups -OCH3 is 1. The van der Waals surface area contributed by atoms with Crippen LogP contribution in [0.1, 0.15) is 73.1 Å². The Balaban J connectivity index is 1.77. The molecular formula is C28H44ClN5O3. The molecule has 1 aliphatic rings. The molecule has 0 radical (unpaired) electrons. The van der Waals surface area contributed by atoms with Crippen molar-refractivity contribution in [3.8, 4) is 0 Å². The molecule has 0 unspecified atom stereocenters. The Morgan fingerprint density at radius 3 is 2.43 bits per heavy atom. The molecule has 1 aliphatic carbocycles. The van der Waals surface area contributed by atoms with Gasteiger partial charge in [0.1, 0.15) is 0 Å². The molecule has 0 atom stereocenters. The number of carbonyl (C=O) groups excluding carboxylic acids is 1. The number of ether oxygens (including phenoxy) is 1. The van der Waals surface area contributed by atoms with Gasteiger partial charge in [-0.2, -0.15) is 0 Å². The number of amides is 1. The number of rotatable bonds is 12. The van der Waals surface area contributed by atoms with Crippen LogP contribution in [0, 0.1) is 13.8 Å². The summed E-state index contributed by atoms with van der Waals surface area (Å²) in [6.07, 6.45) is 5.50. The van der Waals surface area contributed by atoms with Gasteiger partial charge < -0.3 is 19.9 Å². The normalized spacial score (nSPS) is 17.8. The van der Waals surface area contributed by atoms with Crippen molar-refractivity contribution in [1.29, 1.82) is 0 Å². The van der Waals surface area contributed by atoms with Crippen molar-refractivity contribution in [2.24, 2.45) is 0 Å². The van der Waals surface area contributed by atoms with Gasteiger partial charge in [0.25, 0.3) is 11.5 Å². The lowest BCUT2D eigenvalue weighted by Gasteiger charge is -2.41. The van der Waals surface area contributed by atoms with Gasteiger partial charge in [-0.25, -0.2) is 0 Å². The lowest BCUT2D eigenvalue weighted by molar-refractivity contribution is 0.0950. The Kier molecular flexibility index (Phi) is 10.7. The molecule has 0 spiro atoms. The summed E-state index contributed by atoms with van der Waals surface area (Å²) in [7, 11) is 3.94. The van der Waals surface area contributed by atoms with E-state index in [0.29, 0.717) is 34.8 Å². The van der Waals surface area contributed by atoms with E-state index in [9.17, 15) is 9.59 Å². The third-order valence-electron chi connectivity index (χ3n) is 7.84. The molecule has 37 heavy (non-hydrogen) atoms. The summed E-state index contributed by atoms with van der Waals surface area (Å²) in [6, 6.07) is 4.72. The number of anilines is 1. The molecule has 3 rings (SSSR count). The highest BCUT2D eigenvalue weighted by Gasteiger charge is 2.29. The zero-order valence-electron chi connectivity index (χ0n) is 23.3. The number of H-pyrrole nitrogens is 1. The lowest BCUT2D eigenvalue weighted by atomic mass is 9.88. The summed E-state index contributed by atoms with van der Waals surface area (Å²) >= 11 is 6.57. The zero-order chi connectivity index (χ0) is 27.1. The smallest absolute Gasteiger partial charge is 0.269 e. The average Bonchev–Trinajstić information content (AvgIpc) is 3.17. The Bertz CT molecular complexity index is 1100. The van der Waals surface area contributed by atoms with E-state index in [1.807, 2.05) is 26.8 Å². The van der Waals surface area contributed by atoms with E-state index in [2.05, 4.69) is 34.2 Å². The van der Waals surface area contributed by atoms with E-state index in [1.54, 1.807) is 17.9 Å². The number of likely N-dealkylation sites (N-methyl/N-ethyl adjacent to an activating group) is 1. The van der Waals surface area contributed by atoms with Gasteiger partial charge >= 0.3 is 0 Å². The summed E-state index contributed by atoms with van der Waals surface area (Å²) < 4.78 is 7.05. The van der Waals surface area contributed by atoms with Gasteiger partial charge in [-0.05, 0) is 77.6 Å². The monoisotopic (exact) mass is 533 g/mol. The largest absolute Gasteiger partial charge is 0.383 e. The molecule has 0 bridgehead atoms. The Morgan fingerprint density at radius 2 is 1.84 bits per heavy atom. The lowest BCUT2D eigenvalue weighted by Crippen LogP contribution is -2.44. The molecule has 0 saturated heterocycles. The predicted molar refractivity (Wildman–Crippen MR) is 151 cm³/mol. The number of benzene rings is 1. The first-order chi connectivity index (χ1) is 17.7. The maximum absolute atomic E-state index is 13.3. The van der Waals surface area contributed by atoms with E-state index >= 15 is 0 Å². The second kappa shape index (κ2) is 13.5. The topological polar surface area (TPSA) is 82.6 Å². The predicted octanol–water partition coefficient (Wildman–Crippen LogP) is 4.50. The molecule has 9 heteroatoms. The Labute approximate surface area is 226 Å². The van der Waals surface area contributed by atoms with Crippen LogP contribution in [-0.2, 0) is 17.8 Å². The molecule has 1 aromatic carbocycles. The van der Waals surface area contributed by atoms with Crippen LogP contribution in [0.4, 0.5) is 5.69 Å². The van der Waals surface area contributed by atoms with Crippen molar-refractivity contribution in [2.45, 2.75) is 85.0 Å². The van der Waals surface area contributed by atoms with Crippen molar-refractivity contribution < 1.29 is 9.53 Å². The number of nitrogens with zero attached hydrogens (tertiary/aromatic N) is 3. The number of hydrogen-bond acceptors (Lipinski definition) is 5. The van der Waals surface area contributed by atoms with Gasteiger partial charge in [-0.3, -0.25) is 19.4 Å². The second-order valence-electron chi connectivity index (χ2n) is 10.2. The van der Waals surface area contributed by atoms with Crippen molar-refractivity contribution in [2.75, 3.05) is 38.8 Å². The number of aromatic amines is 1. The van der Waals surface area contributed by atoms with Gasteiger partial charge in [0.2, 0.25) is 0 Å². The molecule has 206 valence electrons. The minimum atomic E-state index is -0.218. The van der Waals surface area contributed by atoms with Gasteiger partial charge in [-0.1, -0.05) is 18.5 Å². The van der Waals surface area contributed by atoms with Crippen molar-refractivity contribution >= 4 is 23.2 Å². The highest BCUT2D eigenvalue weighted by atomic mass is 35.5. The van der Waals surface area contributed by atoms with E-state index in [-0.39, 0.29) is 18.0 Å². The SMILES string of the molecule is CCCN(c1cc(Cl)cc(C(=O)NCc2c(C)n(CC)[nH]c2=O)c1C)C1CCC(N(C)CCOC)CC1. The van der Waals surface area contributed by atoms with Crippen LogP contribution in [0.2, 0.25) is 5.02 Å². The molecule has 1 heterocycles. The van der Waals surface area contributed by atoms with E-state index < -0.39 is 0 Å². The fraction of sp³-hybridized carbons (Fsp3) is 0.643. The Morgan fingerprint density at radius 1 is 1.16 bits per heavy atom. The molecule has 8 nitrogen and oxygen atoms in total. The summed E-state index contributed by atoms with van der Waals surface area (Å²) in [5.74, 6) is -0.218. The van der Waals surface area contributed by atoms with E-state index in [0.717, 1.165) is 68.7 Å². The highest BCUT2D eigenvalue weighted by Crippen LogP contribution is 2.34. The molecular weight excluding hydrogens is 490 g/mol. The number of aryl methyl sites for hydroxylation is 1. The van der Waals surface area contributed by atoms with Crippen LogP contribution in [0.3, 0.4) is 0 Å². The van der Waals surface area contributed by atoms with Crippen LogP contribution in [-0.4, -0.2) is 66.5 Å². The van der Waals surface area contributed by atoms with Crippen molar-refractivity contribution in [1.82, 2.24) is 20.0 Å². The van der Waals surface area contributed by atoms with E-state index in [1.165, 1.54) is 0 Å². The first kappa shape index (κ1) is 29.3. The highest BCUT2D eigenvalue weighted by molar-refractivity contribution is 6.31. The van der Waals surface area contributed by atoms with Gasteiger partial charge in [0, 0.05) is 60.8 Å². The fourth-order valence-corrected chi connectivity index (χ4v) is 5.77. The number of aromatic nitrogens is 2. The van der Waals surface area contributed by atoms with Gasteiger partial charge in [0.15, 0.2) is 0 Å². The van der Waals surface area contributed by atoms with Crippen LogP contribution in [0.25, 0.3) is 0 Å². The second-order valence-corrected chi connectivity index (χ2v) is 10.6. The standard InChI is InChI=1S/C28H44ClN5O3/c1-7-13-33(23-11-9-22(10-12-23)32(5)14-15-37-6)26-17-21(29)16-24(19(26)3)27(35)30-18-25-20(4)34(8-2)31-28(25)36/h16-17,22-23H,7-15,18H2,1-6H3,(H,30,35)(H,31,36). The molecule has 2 aromatic rings. The molecule has 1 aromatic heterocycles. The summed E-state index contributed by atoms with van der Waals surface area (Å²) in [6.45, 7) is 11.5. The zero-order valence-corrected chi connectivity index (χ0v) is 24.1. The third-order valence-corrected chi connectivity index (χ3v) is 8.05. The molecule has 0 aliphatic heterocycles. The van der Waals surface area contributed by atoms with Crippen LogP contribution < -0.4 is 15.8 Å². The van der Waals surface area contributed by atoms with Crippen LogP contribution >= 0.6 is 11.6 Å². The number of nitrogens with one attached hydrogen (secondary N) is 2. The number of halogens is 1. The van der Waals surface area contributed by atoms with Crippen molar-refractivity contribution in [3.63, 3.8) is 0 Å². The maximum Gasteiger partial charge on any atom is 0.269 e. The summed E-state index contributed by atoms with van der Waals surface area (Å²) in [5, 5.41) is 6.31. The van der Waals surface area contributed by atoms with Crippen LogP contribution in [0.15, 0.2) is 16.9 Å². The minimum Gasteiger partial charge on any atom is -0.383 e. The number of hydrogen-bond donors (Lipinski definition) is 2. The minimum absolute atomic E-state index is 0.166. The molecule has 1 fully saturated rings. The molecule has 1 saturated carbocycles. The first-order valence-electron chi connectivity index (χ1n) is 13.5. The van der Waals surface area contributed by atoms with E-state index in [4.69, 9.17) is 16.3 Å². The van der Waals surface area contributed by atoms with Gasteiger partial charge in [0.05, 0.1) is 18.7 Å². The fourth-order valence-electron chi connectivity index (χ4n) is 5.56. The average molecular weight is 534 g/mol. The maximum atomic E-state index is 13.3. The van der Waals surface area contributed by atoms with Gasteiger partial charge in [-0.15, -0.1) is 0 Å². The van der Waals surface area contributed by atoms with Crippen molar-refractivity contribution in [3.05, 3.63) is 49.9 Å². The summed E-state index contributed by atoms with van der Waals surface area (Å²) in [4.78, 5) is 30.5.